The fourth-order valence-electron chi connectivity index (χ4n) is 4.98. The van der Waals surface area contributed by atoms with Crippen molar-refractivity contribution in [2.75, 3.05) is 13.7 Å². The molecule has 0 radical (unpaired) electrons. The van der Waals surface area contributed by atoms with E-state index < -0.39 is 30.7 Å². The van der Waals surface area contributed by atoms with E-state index in [2.05, 4.69) is 0 Å². The zero-order chi connectivity index (χ0) is 29.9. The molecule has 4 aromatic carbocycles. The van der Waals surface area contributed by atoms with Crippen molar-refractivity contribution in [1.82, 2.24) is 0 Å². The second-order valence-electron chi connectivity index (χ2n) is 10.3. The predicted octanol–water partition coefficient (Wildman–Crippen LogP) is 7.64. The first-order chi connectivity index (χ1) is 21.1. The second-order valence-corrected chi connectivity index (χ2v) is 11.2. The molecule has 0 amide bonds. The molecular formula is C35H36Cl2O6. The number of hydrogen-bond acceptors (Lipinski definition) is 6. The van der Waals surface area contributed by atoms with E-state index in [9.17, 15) is 0 Å². The number of rotatable bonds is 14. The maximum atomic E-state index is 6.63. The van der Waals surface area contributed by atoms with Crippen LogP contribution in [0.25, 0.3) is 0 Å². The molecule has 5 atom stereocenters. The van der Waals surface area contributed by atoms with Gasteiger partial charge in [0.05, 0.1) is 33.0 Å². The van der Waals surface area contributed by atoms with Crippen LogP contribution in [-0.4, -0.2) is 44.4 Å². The lowest BCUT2D eigenvalue weighted by Gasteiger charge is -2.45. The highest BCUT2D eigenvalue weighted by Gasteiger charge is 2.48. The van der Waals surface area contributed by atoms with Crippen LogP contribution in [0.1, 0.15) is 22.3 Å². The van der Waals surface area contributed by atoms with Gasteiger partial charge in [0, 0.05) is 17.2 Å². The van der Waals surface area contributed by atoms with E-state index >= 15 is 0 Å². The quantitative estimate of drug-likeness (QED) is 0.144. The van der Waals surface area contributed by atoms with Crippen molar-refractivity contribution in [3.63, 3.8) is 0 Å². The number of hydrogen-bond donors (Lipinski definition) is 0. The van der Waals surface area contributed by atoms with Crippen molar-refractivity contribution in [3.05, 3.63) is 141 Å². The molecule has 4 aromatic rings. The number of halogens is 2. The molecule has 226 valence electrons. The van der Waals surface area contributed by atoms with Crippen molar-refractivity contribution in [2.24, 2.45) is 0 Å². The molecule has 0 aromatic heterocycles. The van der Waals surface area contributed by atoms with Gasteiger partial charge in [-0.05, 0) is 40.5 Å². The van der Waals surface area contributed by atoms with Crippen LogP contribution in [-0.2, 0) is 54.8 Å². The molecule has 1 heterocycles. The third-order valence-electron chi connectivity index (χ3n) is 7.25. The van der Waals surface area contributed by atoms with Crippen LogP contribution in [0, 0.1) is 0 Å². The van der Waals surface area contributed by atoms with Crippen LogP contribution in [0.3, 0.4) is 0 Å². The van der Waals surface area contributed by atoms with E-state index in [1.807, 2.05) is 109 Å². The van der Waals surface area contributed by atoms with Crippen molar-refractivity contribution < 1.29 is 28.4 Å². The fraction of sp³-hybridized carbons (Fsp3) is 0.314. The average Bonchev–Trinajstić information content (AvgIpc) is 3.04. The van der Waals surface area contributed by atoms with Crippen LogP contribution >= 0.6 is 23.2 Å². The Kier molecular flexibility index (Phi) is 12.0. The standard InChI is InChI=1S/C35H36Cl2O6/c1-38-35-34(42-23-28-14-8-9-15-30(28)37)33(41-22-26-12-6-3-7-13-26)32(40-21-25-10-4-2-5-11-25)31(43-35)24-39-20-27-16-18-29(36)19-17-27/h2-19,31-35H,20-24H2,1H3/t31-,32-,33+,34-,35?/m1/s1. The minimum absolute atomic E-state index is 0.252. The molecule has 0 aliphatic carbocycles. The van der Waals surface area contributed by atoms with Crippen LogP contribution in [0.4, 0.5) is 0 Å². The average molecular weight is 624 g/mol. The lowest BCUT2D eigenvalue weighted by Crippen LogP contribution is -2.61. The van der Waals surface area contributed by atoms with Gasteiger partial charge in [0.25, 0.3) is 0 Å². The summed E-state index contributed by atoms with van der Waals surface area (Å²) in [5, 5.41) is 1.30. The second kappa shape index (κ2) is 16.3. The van der Waals surface area contributed by atoms with E-state index in [0.29, 0.717) is 29.9 Å². The van der Waals surface area contributed by atoms with E-state index in [1.54, 1.807) is 7.11 Å². The van der Waals surface area contributed by atoms with Gasteiger partial charge >= 0.3 is 0 Å². The molecule has 1 saturated heterocycles. The van der Waals surface area contributed by atoms with Gasteiger partial charge in [-0.3, -0.25) is 0 Å². The lowest BCUT2D eigenvalue weighted by atomic mass is 9.97. The van der Waals surface area contributed by atoms with E-state index in [-0.39, 0.29) is 13.2 Å². The highest BCUT2D eigenvalue weighted by atomic mass is 35.5. The molecule has 5 rings (SSSR count). The molecule has 43 heavy (non-hydrogen) atoms. The van der Waals surface area contributed by atoms with Crippen LogP contribution in [0.2, 0.25) is 10.0 Å². The van der Waals surface area contributed by atoms with Gasteiger partial charge in [-0.25, -0.2) is 0 Å². The molecule has 1 fully saturated rings. The molecule has 6 nitrogen and oxygen atoms in total. The third kappa shape index (κ3) is 9.11. The van der Waals surface area contributed by atoms with Crippen molar-refractivity contribution in [1.29, 1.82) is 0 Å². The van der Waals surface area contributed by atoms with Gasteiger partial charge in [-0.1, -0.05) is 114 Å². The molecule has 8 heteroatoms. The van der Waals surface area contributed by atoms with Crippen molar-refractivity contribution in [2.45, 2.75) is 57.1 Å². The van der Waals surface area contributed by atoms with Gasteiger partial charge in [0.1, 0.15) is 24.4 Å². The van der Waals surface area contributed by atoms with Crippen molar-refractivity contribution in [3.8, 4) is 0 Å². The molecule has 1 aliphatic heterocycles. The topological polar surface area (TPSA) is 55.4 Å². The van der Waals surface area contributed by atoms with E-state index in [1.165, 1.54) is 0 Å². The van der Waals surface area contributed by atoms with E-state index in [0.717, 1.165) is 22.3 Å². The minimum Gasteiger partial charge on any atom is -0.374 e. The Balaban J connectivity index is 1.39. The Labute approximate surface area is 263 Å². The molecular weight excluding hydrogens is 587 g/mol. The summed E-state index contributed by atoms with van der Waals surface area (Å²) in [5.74, 6) is 0. The molecule has 0 bridgehead atoms. The molecule has 1 aliphatic rings. The first-order valence-electron chi connectivity index (χ1n) is 14.3. The summed E-state index contributed by atoms with van der Waals surface area (Å²) in [6.45, 7) is 1.62. The van der Waals surface area contributed by atoms with Gasteiger partial charge in [0.15, 0.2) is 6.29 Å². The summed E-state index contributed by atoms with van der Waals surface area (Å²) in [6.07, 6.45) is -2.92. The summed E-state index contributed by atoms with van der Waals surface area (Å²) in [7, 11) is 1.60. The molecule has 0 saturated carbocycles. The molecule has 0 N–H and O–H groups in total. The number of benzene rings is 4. The lowest BCUT2D eigenvalue weighted by molar-refractivity contribution is -0.323. The van der Waals surface area contributed by atoms with Crippen LogP contribution < -0.4 is 0 Å². The first-order valence-corrected chi connectivity index (χ1v) is 15.0. The smallest absolute Gasteiger partial charge is 0.186 e. The van der Waals surface area contributed by atoms with Crippen molar-refractivity contribution >= 4 is 23.2 Å². The molecule has 1 unspecified atom stereocenters. The van der Waals surface area contributed by atoms with Gasteiger partial charge in [-0.2, -0.15) is 0 Å². The summed E-state index contributed by atoms with van der Waals surface area (Å²) < 4.78 is 38.2. The van der Waals surface area contributed by atoms with Gasteiger partial charge in [0.2, 0.25) is 0 Å². The van der Waals surface area contributed by atoms with Crippen LogP contribution in [0.5, 0.6) is 0 Å². The zero-order valence-corrected chi connectivity index (χ0v) is 25.5. The Morgan fingerprint density at radius 3 is 1.77 bits per heavy atom. The normalized spacial score (nSPS) is 22.0. The summed E-state index contributed by atoms with van der Waals surface area (Å²) >= 11 is 12.5. The molecule has 0 spiro atoms. The Bertz CT molecular complexity index is 1370. The fourth-order valence-corrected chi connectivity index (χ4v) is 5.29. The summed E-state index contributed by atoms with van der Waals surface area (Å²) in [5.41, 5.74) is 3.93. The first kappa shape index (κ1) is 31.6. The van der Waals surface area contributed by atoms with Gasteiger partial charge < -0.3 is 28.4 Å². The zero-order valence-electron chi connectivity index (χ0n) is 24.0. The largest absolute Gasteiger partial charge is 0.374 e. The Morgan fingerprint density at radius 1 is 0.581 bits per heavy atom. The third-order valence-corrected chi connectivity index (χ3v) is 7.87. The highest BCUT2D eigenvalue weighted by Crippen LogP contribution is 2.32. The SMILES string of the molecule is COC1O[C@H](COCc2ccc(Cl)cc2)[C@@H](OCc2ccccc2)[C@H](OCc2ccccc2)[C@H]1OCc1ccccc1Cl. The number of methoxy groups -OCH3 is 1. The maximum absolute atomic E-state index is 6.63. The summed E-state index contributed by atoms with van der Waals surface area (Å²) in [6, 6.07) is 35.2. The monoisotopic (exact) mass is 622 g/mol. The van der Waals surface area contributed by atoms with Gasteiger partial charge in [-0.15, -0.1) is 0 Å². The maximum Gasteiger partial charge on any atom is 0.186 e. The Morgan fingerprint density at radius 2 is 1.14 bits per heavy atom. The summed E-state index contributed by atoms with van der Waals surface area (Å²) in [4.78, 5) is 0. The predicted molar refractivity (Wildman–Crippen MR) is 167 cm³/mol. The number of ether oxygens (including phenoxy) is 6. The Hall–Kier alpha value is -2.78. The highest BCUT2D eigenvalue weighted by molar-refractivity contribution is 6.31. The minimum atomic E-state index is -0.732. The van der Waals surface area contributed by atoms with E-state index in [4.69, 9.17) is 51.6 Å². The van der Waals surface area contributed by atoms with Crippen LogP contribution in [0.15, 0.2) is 109 Å².